The summed E-state index contributed by atoms with van der Waals surface area (Å²) < 4.78 is 0. The van der Waals surface area contributed by atoms with Crippen LogP contribution in [0.25, 0.3) is 87.2 Å². The Bertz CT molecular complexity index is 2700. The molecule has 47 heavy (non-hydrogen) atoms. The van der Waals surface area contributed by atoms with Gasteiger partial charge in [-0.2, -0.15) is 0 Å². The van der Waals surface area contributed by atoms with Gasteiger partial charge in [0.15, 0.2) is 0 Å². The molecule has 9 aromatic carbocycles. The van der Waals surface area contributed by atoms with E-state index in [1.807, 2.05) is 0 Å². The maximum absolute atomic E-state index is 2.47. The maximum Gasteiger partial charge on any atom is 0.0165 e. The fourth-order valence-electron chi connectivity index (χ4n) is 8.75. The minimum absolute atomic E-state index is 0.0867. The van der Waals surface area contributed by atoms with Crippen LogP contribution in [-0.2, 0) is 5.41 Å². The van der Waals surface area contributed by atoms with Crippen molar-refractivity contribution in [3.05, 3.63) is 169 Å². The van der Waals surface area contributed by atoms with Crippen LogP contribution in [0.2, 0.25) is 0 Å². The Kier molecular flexibility index (Phi) is 5.44. The first-order valence-corrected chi connectivity index (χ1v) is 16.6. The molecule has 0 saturated carbocycles. The first kappa shape index (κ1) is 26.5. The first-order chi connectivity index (χ1) is 23.1. The summed E-state index contributed by atoms with van der Waals surface area (Å²) in [6, 6.07) is 58.8. The van der Waals surface area contributed by atoms with Crippen molar-refractivity contribution < 1.29 is 0 Å². The van der Waals surface area contributed by atoms with Crippen LogP contribution in [0.15, 0.2) is 158 Å². The number of benzene rings is 9. The lowest BCUT2D eigenvalue weighted by Gasteiger charge is -2.24. The Labute approximate surface area is 274 Å². The molecule has 9 aromatic rings. The smallest absolute Gasteiger partial charge is 0.0165 e. The van der Waals surface area contributed by atoms with Crippen LogP contribution in [0.5, 0.6) is 0 Å². The van der Waals surface area contributed by atoms with E-state index in [9.17, 15) is 0 Å². The highest BCUT2D eigenvalue weighted by Gasteiger charge is 2.38. The second-order valence-electron chi connectivity index (χ2n) is 13.6. The molecule has 10 rings (SSSR count). The van der Waals surface area contributed by atoms with E-state index < -0.39 is 0 Å². The zero-order valence-electron chi connectivity index (χ0n) is 26.5. The van der Waals surface area contributed by atoms with Crippen molar-refractivity contribution in [1.29, 1.82) is 0 Å². The van der Waals surface area contributed by atoms with Crippen LogP contribution in [0.1, 0.15) is 25.0 Å². The summed E-state index contributed by atoms with van der Waals surface area (Å²) in [6.07, 6.45) is 0. The third kappa shape index (κ3) is 3.64. The van der Waals surface area contributed by atoms with Crippen molar-refractivity contribution >= 4 is 53.9 Å². The largest absolute Gasteiger partial charge is 0.0619 e. The molecule has 1 aliphatic rings. The molecule has 1 aliphatic carbocycles. The molecule has 220 valence electrons. The third-order valence-electron chi connectivity index (χ3n) is 10.8. The van der Waals surface area contributed by atoms with Gasteiger partial charge in [0.25, 0.3) is 0 Å². The van der Waals surface area contributed by atoms with Gasteiger partial charge < -0.3 is 0 Å². The van der Waals surface area contributed by atoms with Gasteiger partial charge in [0.2, 0.25) is 0 Å². The number of fused-ring (bicyclic) bond motifs is 11. The van der Waals surface area contributed by atoms with Crippen LogP contribution in [-0.4, -0.2) is 0 Å². The lowest BCUT2D eigenvalue weighted by molar-refractivity contribution is 0.666. The summed E-state index contributed by atoms with van der Waals surface area (Å²) in [6.45, 7) is 4.79. The molecule has 0 heteroatoms. The molecule has 0 spiro atoms. The molecular formula is C47H32. The summed E-state index contributed by atoms with van der Waals surface area (Å²) in [5, 5.41) is 13.0. The average molecular weight is 597 g/mol. The fraction of sp³-hybridized carbons (Fsp3) is 0.0638. The highest BCUT2D eigenvalue weighted by molar-refractivity contribution is 6.24. The van der Waals surface area contributed by atoms with E-state index in [1.165, 1.54) is 98.4 Å². The van der Waals surface area contributed by atoms with Gasteiger partial charge in [0.1, 0.15) is 0 Å². The van der Waals surface area contributed by atoms with Crippen molar-refractivity contribution in [2.24, 2.45) is 0 Å². The van der Waals surface area contributed by atoms with E-state index >= 15 is 0 Å². The monoisotopic (exact) mass is 596 g/mol. The minimum atomic E-state index is -0.0867. The summed E-state index contributed by atoms with van der Waals surface area (Å²) in [5.41, 5.74) is 10.7. The molecule has 0 saturated heterocycles. The molecule has 0 nitrogen and oxygen atoms in total. The van der Waals surface area contributed by atoms with E-state index in [1.54, 1.807) is 0 Å². The molecule has 0 unspecified atom stereocenters. The van der Waals surface area contributed by atoms with Gasteiger partial charge in [-0.3, -0.25) is 0 Å². The Morgan fingerprint density at radius 2 is 0.830 bits per heavy atom. The summed E-state index contributed by atoms with van der Waals surface area (Å²) in [4.78, 5) is 0. The van der Waals surface area contributed by atoms with Crippen molar-refractivity contribution in [3.63, 3.8) is 0 Å². The minimum Gasteiger partial charge on any atom is -0.0619 e. The third-order valence-corrected chi connectivity index (χ3v) is 10.8. The molecule has 0 aromatic heterocycles. The topological polar surface area (TPSA) is 0 Å². The van der Waals surface area contributed by atoms with E-state index in [2.05, 4.69) is 172 Å². The second-order valence-corrected chi connectivity index (χ2v) is 13.6. The quantitative estimate of drug-likeness (QED) is 0.138. The average Bonchev–Trinajstić information content (AvgIpc) is 3.37. The van der Waals surface area contributed by atoms with E-state index in [-0.39, 0.29) is 5.41 Å². The predicted molar refractivity (Wildman–Crippen MR) is 202 cm³/mol. The van der Waals surface area contributed by atoms with Gasteiger partial charge in [0, 0.05) is 5.41 Å². The zero-order valence-corrected chi connectivity index (χ0v) is 26.5. The van der Waals surface area contributed by atoms with Crippen molar-refractivity contribution in [3.8, 4) is 33.4 Å². The van der Waals surface area contributed by atoms with Crippen molar-refractivity contribution in [2.45, 2.75) is 19.3 Å². The normalized spacial score (nSPS) is 13.5. The SMILES string of the molecule is CC1(C)c2ccccc2-c2c1c1ccc(-c3c4ccccc4c(-c4ccc5ccccc5c4)c4ccccc34)cc1c1ccccc21. The summed E-state index contributed by atoms with van der Waals surface area (Å²) in [5.74, 6) is 0. The molecule has 0 atom stereocenters. The van der Waals surface area contributed by atoms with E-state index in [0.717, 1.165) is 0 Å². The summed E-state index contributed by atoms with van der Waals surface area (Å²) >= 11 is 0. The molecule has 0 heterocycles. The fourth-order valence-corrected chi connectivity index (χ4v) is 8.75. The van der Waals surface area contributed by atoms with Crippen LogP contribution in [0.4, 0.5) is 0 Å². The lowest BCUT2D eigenvalue weighted by atomic mass is 9.78. The number of hydrogen-bond acceptors (Lipinski definition) is 0. The van der Waals surface area contributed by atoms with Crippen LogP contribution in [0, 0.1) is 0 Å². The second kappa shape index (κ2) is 9.64. The first-order valence-electron chi connectivity index (χ1n) is 16.6. The lowest BCUT2D eigenvalue weighted by Crippen LogP contribution is -2.15. The number of hydrogen-bond donors (Lipinski definition) is 0. The van der Waals surface area contributed by atoms with Crippen LogP contribution >= 0.6 is 0 Å². The van der Waals surface area contributed by atoms with Gasteiger partial charge in [-0.15, -0.1) is 0 Å². The predicted octanol–water partition coefficient (Wildman–Crippen LogP) is 13.1. The Morgan fingerprint density at radius 3 is 1.49 bits per heavy atom. The molecule has 0 aliphatic heterocycles. The van der Waals surface area contributed by atoms with Gasteiger partial charge >= 0.3 is 0 Å². The van der Waals surface area contributed by atoms with Crippen molar-refractivity contribution in [2.75, 3.05) is 0 Å². The highest BCUT2D eigenvalue weighted by Crippen LogP contribution is 2.55. The molecule has 0 radical (unpaired) electrons. The molecule has 0 bridgehead atoms. The van der Waals surface area contributed by atoms with Crippen molar-refractivity contribution in [1.82, 2.24) is 0 Å². The van der Waals surface area contributed by atoms with Gasteiger partial charge in [-0.05, 0) is 111 Å². The zero-order chi connectivity index (χ0) is 31.3. The highest BCUT2D eigenvalue weighted by atomic mass is 14.4. The molecule has 0 amide bonds. The molecule has 0 N–H and O–H groups in total. The van der Waals surface area contributed by atoms with Gasteiger partial charge in [0.05, 0.1) is 0 Å². The number of rotatable bonds is 2. The van der Waals surface area contributed by atoms with Crippen LogP contribution < -0.4 is 0 Å². The Balaban J connectivity index is 1.30. The van der Waals surface area contributed by atoms with Crippen LogP contribution in [0.3, 0.4) is 0 Å². The standard InChI is InChI=1S/C47H32/c1-47(2)42-22-12-11-21-40(42)45-34-16-6-5-15-33(34)41-28-32(25-26-39(41)46(45)47)44-37-19-9-7-17-35(37)43(36-18-8-10-20-38(36)44)31-24-23-29-13-3-4-14-30(29)27-31/h3-28H,1-2H3. The Hall–Kier alpha value is -5.72. The van der Waals surface area contributed by atoms with Gasteiger partial charge in [-0.25, -0.2) is 0 Å². The van der Waals surface area contributed by atoms with Gasteiger partial charge in [-0.1, -0.05) is 159 Å². The van der Waals surface area contributed by atoms with E-state index in [0.29, 0.717) is 0 Å². The maximum atomic E-state index is 2.47. The van der Waals surface area contributed by atoms with E-state index in [4.69, 9.17) is 0 Å². The summed E-state index contributed by atoms with van der Waals surface area (Å²) in [7, 11) is 0. The molecular weight excluding hydrogens is 565 g/mol. The molecule has 0 fully saturated rings. The Morgan fingerprint density at radius 1 is 0.340 bits per heavy atom.